The van der Waals surface area contributed by atoms with E-state index in [0.29, 0.717) is 0 Å². The minimum absolute atomic E-state index is 0.459. The first-order valence-corrected chi connectivity index (χ1v) is 13.7. The molecule has 2 aromatic heterocycles. The molecule has 0 N–H and O–H groups in total. The summed E-state index contributed by atoms with van der Waals surface area (Å²) in [4.78, 5) is 12.5. The molecule has 0 atom stereocenters. The Morgan fingerprint density at radius 2 is 0.667 bits per heavy atom. The highest BCUT2D eigenvalue weighted by molar-refractivity contribution is 6.29. The molecule has 2 aliphatic rings. The second kappa shape index (κ2) is 12.6. The minimum Gasteiger partial charge on any atom is -0.223 e. The molecule has 0 fully saturated rings. The summed E-state index contributed by atoms with van der Waals surface area (Å²) in [7, 11) is 0. The van der Waals surface area contributed by atoms with Crippen LogP contribution < -0.4 is 0 Å². The quantitative estimate of drug-likeness (QED) is 0.184. The first-order valence-electron chi connectivity index (χ1n) is 13.7. The smallest absolute Gasteiger partial charge is 0.223 e. The Morgan fingerprint density at radius 3 is 0.870 bits per heavy atom. The highest BCUT2D eigenvalue weighted by atomic mass is 19.4. The fourth-order valence-electron chi connectivity index (χ4n) is 5.39. The third kappa shape index (κ3) is 6.19. The number of hydrogen-bond donors (Lipinski definition) is 0. The Morgan fingerprint density at radius 1 is 0.407 bits per heavy atom. The van der Waals surface area contributed by atoms with Crippen molar-refractivity contribution in [3.8, 4) is 36.4 Å². The van der Waals surface area contributed by atoms with Crippen LogP contribution in [-0.4, -0.2) is 19.9 Å². The summed E-state index contributed by atoms with van der Waals surface area (Å²) in [5, 5.41) is 59.5. The van der Waals surface area contributed by atoms with Crippen molar-refractivity contribution < 1.29 is 52.7 Å². The minimum atomic E-state index is -5.56. The maximum atomic E-state index is 13.8. The highest BCUT2D eigenvalue weighted by Gasteiger charge is 2.45. The van der Waals surface area contributed by atoms with Crippen LogP contribution in [-0.2, 0) is 24.7 Å². The predicted octanol–water partition coefficient (Wildman–Crippen LogP) is 7.84. The topological polar surface area (TPSA) is 194 Å². The molecule has 22 heteroatoms. The number of rotatable bonds is 2. The van der Waals surface area contributed by atoms with E-state index in [9.17, 15) is 84.3 Å². The van der Waals surface area contributed by atoms with Crippen molar-refractivity contribution in [3.63, 3.8) is 0 Å². The van der Waals surface area contributed by atoms with Gasteiger partial charge in [-0.25, -0.2) is 19.9 Å². The zero-order chi connectivity index (χ0) is 40.3. The van der Waals surface area contributed by atoms with Gasteiger partial charge in [0.2, 0.25) is 0 Å². The van der Waals surface area contributed by atoms with E-state index in [0.717, 1.165) is 12.1 Å². The summed E-state index contributed by atoms with van der Waals surface area (Å²) in [5.74, 6) is -2.94. The summed E-state index contributed by atoms with van der Waals surface area (Å²) >= 11 is 0. The van der Waals surface area contributed by atoms with Crippen LogP contribution in [0.2, 0.25) is 0 Å². The van der Waals surface area contributed by atoms with Gasteiger partial charge in [-0.1, -0.05) is 0 Å². The predicted molar refractivity (Wildman–Crippen MR) is 152 cm³/mol. The number of alkyl halides is 12. The van der Waals surface area contributed by atoms with Crippen LogP contribution in [0.3, 0.4) is 0 Å². The summed E-state index contributed by atoms with van der Waals surface area (Å²) in [6.07, 6.45) is -22.2. The Balaban J connectivity index is 1.96. The molecule has 0 unspecified atom stereocenters. The molecule has 5 rings (SSSR count). The lowest BCUT2D eigenvalue weighted by Crippen LogP contribution is -2.17. The number of aromatic nitrogens is 4. The number of allylic oxidation sites excluding steroid dienone is 8. The van der Waals surface area contributed by atoms with Gasteiger partial charge in [0.05, 0.1) is 11.1 Å². The van der Waals surface area contributed by atoms with Crippen LogP contribution in [0.15, 0.2) is 35.4 Å². The molecule has 0 bridgehead atoms. The van der Waals surface area contributed by atoms with Crippen LogP contribution in [0.25, 0.3) is 33.4 Å². The molecule has 0 radical (unpaired) electrons. The van der Waals surface area contributed by atoms with Gasteiger partial charge in [0.15, 0.2) is 11.6 Å². The average Bonchev–Trinajstić information content (AvgIpc) is 3.58. The van der Waals surface area contributed by atoms with Crippen molar-refractivity contribution in [2.24, 2.45) is 0 Å². The molecular formula is C32H4F12N10. The molecule has 0 spiro atoms. The van der Waals surface area contributed by atoms with E-state index in [1.165, 1.54) is 36.4 Å². The normalized spacial score (nSPS) is 14.0. The number of benzene rings is 1. The number of nitriles is 6. The molecule has 0 amide bonds. The van der Waals surface area contributed by atoms with Crippen molar-refractivity contribution in [1.82, 2.24) is 19.9 Å². The molecule has 1 aromatic carbocycles. The summed E-state index contributed by atoms with van der Waals surface area (Å²) < 4.78 is 165. The van der Waals surface area contributed by atoms with Gasteiger partial charge in [0.25, 0.3) is 0 Å². The molecular weight excluding hydrogens is 752 g/mol. The van der Waals surface area contributed by atoms with Gasteiger partial charge >= 0.3 is 24.7 Å². The summed E-state index contributed by atoms with van der Waals surface area (Å²) in [6, 6.07) is 8.97. The SMILES string of the molecule is N#CC(C#N)=C1C(c2nc(C(F)(F)F)cc(C(F)(F)F)n2)=C(C#N)c2cc3c(cc21)C(C#N)=C(c1nc(C(F)(F)F)cc(C(F)(F)F)n1)C3=C(C#N)C#N. The highest BCUT2D eigenvalue weighted by Crippen LogP contribution is 2.54. The summed E-state index contributed by atoms with van der Waals surface area (Å²) in [6.45, 7) is 0. The summed E-state index contributed by atoms with van der Waals surface area (Å²) in [5.41, 5.74) is -18.8. The first-order chi connectivity index (χ1) is 25.0. The lowest BCUT2D eigenvalue weighted by molar-refractivity contribution is -0.149. The largest absolute Gasteiger partial charge is 0.433 e. The first kappa shape index (κ1) is 37.7. The van der Waals surface area contributed by atoms with E-state index in [2.05, 4.69) is 19.9 Å². The van der Waals surface area contributed by atoms with Crippen molar-refractivity contribution in [1.29, 1.82) is 31.6 Å². The second-order valence-electron chi connectivity index (χ2n) is 10.5. The Bertz CT molecular complexity index is 2330. The van der Waals surface area contributed by atoms with Crippen LogP contribution >= 0.6 is 0 Å². The maximum Gasteiger partial charge on any atom is 0.433 e. The Hall–Kier alpha value is -7.56. The van der Waals surface area contributed by atoms with Crippen molar-refractivity contribution >= 4 is 33.4 Å². The van der Waals surface area contributed by atoms with Crippen LogP contribution in [0.4, 0.5) is 52.7 Å². The molecule has 2 heterocycles. The molecule has 54 heavy (non-hydrogen) atoms. The van der Waals surface area contributed by atoms with Gasteiger partial charge in [-0.15, -0.1) is 0 Å². The lowest BCUT2D eigenvalue weighted by Gasteiger charge is -2.14. The van der Waals surface area contributed by atoms with Gasteiger partial charge in [-0.2, -0.15) is 84.3 Å². The zero-order valence-electron chi connectivity index (χ0n) is 25.3. The lowest BCUT2D eigenvalue weighted by atomic mass is 9.91. The van der Waals surface area contributed by atoms with Gasteiger partial charge < -0.3 is 0 Å². The van der Waals surface area contributed by atoms with E-state index in [4.69, 9.17) is 0 Å². The molecule has 3 aromatic rings. The standard InChI is InChI=1S/C32H4F12N10/c33-29(34,35)19-3-20(30(36,37)38)52-27(51-19)25-17(9-49)13-1-15-14(2-16(13)24(25)12(7-47)8-48)18(10-50)26(23(15)11(5-45)6-46)28-53-21(31(39,40)41)4-22(54-28)32(42,43)44/h1-4H. The van der Waals surface area contributed by atoms with Crippen LogP contribution in [0.5, 0.6) is 0 Å². The van der Waals surface area contributed by atoms with E-state index in [-0.39, 0.29) is 0 Å². The van der Waals surface area contributed by atoms with Crippen molar-refractivity contribution in [2.75, 3.05) is 0 Å². The number of nitrogens with zero attached hydrogens (tertiary/aromatic N) is 10. The fraction of sp³-hybridized carbons (Fsp3) is 0.125. The molecule has 2 aliphatic carbocycles. The number of fused-ring (bicyclic) bond motifs is 2. The van der Waals surface area contributed by atoms with Crippen LogP contribution in [0, 0.1) is 68.0 Å². The van der Waals surface area contributed by atoms with E-state index >= 15 is 0 Å². The Kier molecular flexibility index (Phi) is 8.78. The van der Waals surface area contributed by atoms with Gasteiger partial charge in [0.1, 0.15) is 70.3 Å². The third-order valence-corrected chi connectivity index (χ3v) is 7.47. The monoisotopic (exact) mass is 756 g/mol. The third-order valence-electron chi connectivity index (χ3n) is 7.47. The van der Waals surface area contributed by atoms with Gasteiger partial charge in [0, 0.05) is 33.4 Å². The fourth-order valence-corrected chi connectivity index (χ4v) is 5.39. The van der Waals surface area contributed by atoms with Gasteiger partial charge in [-0.05, 0) is 35.4 Å². The second-order valence-corrected chi connectivity index (χ2v) is 10.5. The number of halogens is 12. The van der Waals surface area contributed by atoms with Crippen molar-refractivity contribution in [3.05, 3.63) is 92.1 Å². The Labute approximate surface area is 291 Å². The average molecular weight is 756 g/mol. The molecule has 0 aliphatic heterocycles. The van der Waals surface area contributed by atoms with Gasteiger partial charge in [-0.3, -0.25) is 0 Å². The van der Waals surface area contributed by atoms with E-state index in [1.807, 2.05) is 0 Å². The van der Waals surface area contributed by atoms with Crippen LogP contribution in [0.1, 0.15) is 56.7 Å². The molecule has 266 valence electrons. The number of hydrogen-bond acceptors (Lipinski definition) is 10. The zero-order valence-corrected chi connectivity index (χ0v) is 25.3. The van der Waals surface area contributed by atoms with E-state index in [1.54, 1.807) is 0 Å². The van der Waals surface area contributed by atoms with E-state index < -0.39 is 138 Å². The molecule has 0 saturated carbocycles. The van der Waals surface area contributed by atoms with Crippen molar-refractivity contribution in [2.45, 2.75) is 24.7 Å². The molecule has 0 saturated heterocycles. The molecule has 10 nitrogen and oxygen atoms in total. The maximum absolute atomic E-state index is 13.8.